The van der Waals surface area contributed by atoms with E-state index in [9.17, 15) is 10.1 Å². The predicted octanol–water partition coefficient (Wildman–Crippen LogP) is 1.15. The SMILES string of the molecule is CC(=NNC(N)=S)c1cccc([N+](=O)[O-])c1. The molecule has 1 aromatic rings. The zero-order chi connectivity index (χ0) is 12.1. The molecule has 1 aromatic carbocycles. The van der Waals surface area contributed by atoms with Crippen LogP contribution in [0.5, 0.6) is 0 Å². The molecule has 0 unspecified atom stereocenters. The van der Waals surface area contributed by atoms with Gasteiger partial charge in [0, 0.05) is 17.7 Å². The smallest absolute Gasteiger partial charge is 0.270 e. The quantitative estimate of drug-likeness (QED) is 0.356. The van der Waals surface area contributed by atoms with E-state index in [-0.39, 0.29) is 10.8 Å². The predicted molar refractivity (Wildman–Crippen MR) is 65.2 cm³/mol. The summed E-state index contributed by atoms with van der Waals surface area (Å²) >= 11 is 4.58. The molecule has 0 aliphatic heterocycles. The van der Waals surface area contributed by atoms with Crippen LogP contribution in [0.15, 0.2) is 29.4 Å². The molecule has 0 radical (unpaired) electrons. The number of rotatable bonds is 3. The van der Waals surface area contributed by atoms with E-state index in [4.69, 9.17) is 5.73 Å². The third-order valence-corrected chi connectivity index (χ3v) is 1.90. The number of thiocarbonyl (C=S) groups is 1. The minimum atomic E-state index is -0.461. The second-order valence-corrected chi connectivity index (χ2v) is 3.42. The van der Waals surface area contributed by atoms with Crippen molar-refractivity contribution < 1.29 is 4.92 Å². The maximum absolute atomic E-state index is 10.6. The zero-order valence-electron chi connectivity index (χ0n) is 8.51. The first-order chi connectivity index (χ1) is 7.50. The molecule has 0 saturated carbocycles. The monoisotopic (exact) mass is 238 g/mol. The number of nitrogens with zero attached hydrogens (tertiary/aromatic N) is 2. The highest BCUT2D eigenvalue weighted by Gasteiger charge is 2.07. The van der Waals surface area contributed by atoms with Gasteiger partial charge in [0.25, 0.3) is 5.69 Å². The average molecular weight is 238 g/mol. The molecular weight excluding hydrogens is 228 g/mol. The fraction of sp³-hybridized carbons (Fsp3) is 0.111. The molecule has 3 N–H and O–H groups in total. The third kappa shape index (κ3) is 3.28. The molecule has 7 heteroatoms. The van der Waals surface area contributed by atoms with Gasteiger partial charge in [0.15, 0.2) is 5.11 Å². The summed E-state index contributed by atoms with van der Waals surface area (Å²) in [5, 5.41) is 14.5. The van der Waals surface area contributed by atoms with Crippen LogP contribution in [0.4, 0.5) is 5.69 Å². The van der Waals surface area contributed by atoms with Crippen molar-refractivity contribution in [1.29, 1.82) is 0 Å². The van der Waals surface area contributed by atoms with Gasteiger partial charge in [-0.3, -0.25) is 15.5 Å². The van der Waals surface area contributed by atoms with Crippen LogP contribution in [-0.2, 0) is 0 Å². The molecule has 0 aliphatic rings. The molecule has 0 atom stereocenters. The van der Waals surface area contributed by atoms with E-state index in [2.05, 4.69) is 22.7 Å². The normalized spacial score (nSPS) is 10.9. The molecule has 84 valence electrons. The molecule has 16 heavy (non-hydrogen) atoms. The Morgan fingerprint density at radius 3 is 2.88 bits per heavy atom. The van der Waals surface area contributed by atoms with Crippen molar-refractivity contribution >= 4 is 28.7 Å². The first-order valence-corrected chi connectivity index (χ1v) is 4.76. The Bertz CT molecular complexity index is 459. The Kier molecular flexibility index (Phi) is 3.90. The summed E-state index contributed by atoms with van der Waals surface area (Å²) in [6, 6.07) is 6.15. The van der Waals surface area contributed by atoms with Crippen molar-refractivity contribution in [2.24, 2.45) is 10.8 Å². The molecule has 0 amide bonds. The van der Waals surface area contributed by atoms with E-state index in [0.717, 1.165) is 0 Å². The molecule has 6 nitrogen and oxygen atoms in total. The number of nitrogens with two attached hydrogens (primary N) is 1. The number of benzene rings is 1. The van der Waals surface area contributed by atoms with Gasteiger partial charge in [0.1, 0.15) is 0 Å². The van der Waals surface area contributed by atoms with Crippen LogP contribution >= 0.6 is 12.2 Å². The Hall–Kier alpha value is -2.02. The van der Waals surface area contributed by atoms with Crippen molar-refractivity contribution in [3.8, 4) is 0 Å². The highest BCUT2D eigenvalue weighted by molar-refractivity contribution is 7.80. The number of hydrazone groups is 1. The van der Waals surface area contributed by atoms with Crippen LogP contribution in [-0.4, -0.2) is 15.7 Å². The average Bonchev–Trinajstić information content (AvgIpc) is 2.26. The van der Waals surface area contributed by atoms with E-state index in [1.165, 1.54) is 12.1 Å². The Balaban J connectivity index is 2.95. The second kappa shape index (κ2) is 5.17. The molecule has 0 heterocycles. The van der Waals surface area contributed by atoms with Crippen molar-refractivity contribution in [1.82, 2.24) is 5.43 Å². The molecule has 1 rings (SSSR count). The van der Waals surface area contributed by atoms with Crippen molar-refractivity contribution in [3.05, 3.63) is 39.9 Å². The number of nitro groups is 1. The van der Waals surface area contributed by atoms with Gasteiger partial charge in [-0.15, -0.1) is 0 Å². The maximum Gasteiger partial charge on any atom is 0.270 e. The van der Waals surface area contributed by atoms with Crippen LogP contribution in [0.1, 0.15) is 12.5 Å². The fourth-order valence-corrected chi connectivity index (χ4v) is 1.09. The largest absolute Gasteiger partial charge is 0.375 e. The Labute approximate surface area is 97.3 Å². The first kappa shape index (κ1) is 12.1. The van der Waals surface area contributed by atoms with Crippen molar-refractivity contribution in [3.63, 3.8) is 0 Å². The number of nitro benzene ring substituents is 1. The summed E-state index contributed by atoms with van der Waals surface area (Å²) in [7, 11) is 0. The van der Waals surface area contributed by atoms with Crippen LogP contribution in [0.25, 0.3) is 0 Å². The lowest BCUT2D eigenvalue weighted by atomic mass is 10.1. The van der Waals surface area contributed by atoms with Crippen LogP contribution in [0.3, 0.4) is 0 Å². The van der Waals surface area contributed by atoms with Crippen molar-refractivity contribution in [2.45, 2.75) is 6.92 Å². The van der Waals surface area contributed by atoms with Gasteiger partial charge in [-0.25, -0.2) is 0 Å². The van der Waals surface area contributed by atoms with E-state index in [1.54, 1.807) is 19.1 Å². The number of hydrogen-bond donors (Lipinski definition) is 2. The van der Waals surface area contributed by atoms with Crippen molar-refractivity contribution in [2.75, 3.05) is 0 Å². The van der Waals surface area contributed by atoms with Crippen LogP contribution < -0.4 is 11.2 Å². The molecule has 0 fully saturated rings. The molecule has 0 aromatic heterocycles. The Morgan fingerprint density at radius 2 is 2.31 bits per heavy atom. The van der Waals surface area contributed by atoms with E-state index >= 15 is 0 Å². The molecule has 0 aliphatic carbocycles. The fourth-order valence-electron chi connectivity index (χ4n) is 1.05. The lowest BCUT2D eigenvalue weighted by Crippen LogP contribution is -2.25. The standard InChI is InChI=1S/C9H10N4O2S/c1-6(11-12-9(10)16)7-3-2-4-8(5-7)13(14)15/h2-5H,1H3,(H3,10,12,16). The lowest BCUT2D eigenvalue weighted by molar-refractivity contribution is -0.384. The zero-order valence-corrected chi connectivity index (χ0v) is 9.32. The topological polar surface area (TPSA) is 93.5 Å². The molecule has 0 spiro atoms. The maximum atomic E-state index is 10.6. The van der Waals surface area contributed by atoms with Gasteiger partial charge < -0.3 is 5.73 Å². The molecular formula is C9H10N4O2S. The minimum absolute atomic E-state index is 0.0161. The summed E-state index contributed by atoms with van der Waals surface area (Å²) in [5.74, 6) is 0. The summed E-state index contributed by atoms with van der Waals surface area (Å²) in [6.45, 7) is 1.70. The summed E-state index contributed by atoms with van der Waals surface area (Å²) in [6.07, 6.45) is 0. The van der Waals surface area contributed by atoms with Gasteiger partial charge in [-0.05, 0) is 19.1 Å². The van der Waals surface area contributed by atoms with E-state index in [0.29, 0.717) is 11.3 Å². The van der Waals surface area contributed by atoms with Crippen LogP contribution in [0.2, 0.25) is 0 Å². The highest BCUT2D eigenvalue weighted by Crippen LogP contribution is 2.13. The van der Waals surface area contributed by atoms with E-state index < -0.39 is 4.92 Å². The molecule has 0 bridgehead atoms. The van der Waals surface area contributed by atoms with Gasteiger partial charge in [-0.2, -0.15) is 5.10 Å². The number of non-ortho nitro benzene ring substituents is 1. The number of hydrogen-bond acceptors (Lipinski definition) is 4. The third-order valence-electron chi connectivity index (χ3n) is 1.81. The van der Waals surface area contributed by atoms with Crippen LogP contribution in [0, 0.1) is 10.1 Å². The van der Waals surface area contributed by atoms with E-state index in [1.807, 2.05) is 0 Å². The summed E-state index contributed by atoms with van der Waals surface area (Å²) in [4.78, 5) is 10.1. The van der Waals surface area contributed by atoms with Gasteiger partial charge in [0.2, 0.25) is 0 Å². The Morgan fingerprint density at radius 1 is 1.62 bits per heavy atom. The van der Waals surface area contributed by atoms with Gasteiger partial charge in [0.05, 0.1) is 10.6 Å². The minimum Gasteiger partial charge on any atom is -0.375 e. The number of nitrogens with one attached hydrogen (secondary N) is 1. The summed E-state index contributed by atoms with van der Waals surface area (Å²) in [5.41, 5.74) is 8.84. The first-order valence-electron chi connectivity index (χ1n) is 4.35. The summed E-state index contributed by atoms with van der Waals surface area (Å²) < 4.78 is 0. The van der Waals surface area contributed by atoms with Gasteiger partial charge in [-0.1, -0.05) is 12.1 Å². The second-order valence-electron chi connectivity index (χ2n) is 2.98. The highest BCUT2D eigenvalue weighted by atomic mass is 32.1. The lowest BCUT2D eigenvalue weighted by Gasteiger charge is -2.01. The van der Waals surface area contributed by atoms with Gasteiger partial charge >= 0.3 is 0 Å². The molecule has 0 saturated heterocycles.